The molecule has 1 aromatic carbocycles. The summed E-state index contributed by atoms with van der Waals surface area (Å²) in [6.45, 7) is 2.03. The number of esters is 1. The Morgan fingerprint density at radius 2 is 2.24 bits per heavy atom. The SMILES string of the molecule is CCOC(=O)c1cc(CO)ccc1CCCCl. The molecule has 0 fully saturated rings. The van der Waals surface area contributed by atoms with Crippen LogP contribution in [0.4, 0.5) is 0 Å². The van der Waals surface area contributed by atoms with Crippen molar-refractivity contribution in [3.05, 3.63) is 34.9 Å². The lowest BCUT2D eigenvalue weighted by Gasteiger charge is -2.09. The van der Waals surface area contributed by atoms with Gasteiger partial charge in [0.1, 0.15) is 0 Å². The molecular formula is C13H17ClO3. The predicted molar refractivity (Wildman–Crippen MR) is 67.4 cm³/mol. The van der Waals surface area contributed by atoms with Crippen molar-refractivity contribution in [3.8, 4) is 0 Å². The van der Waals surface area contributed by atoms with Crippen LogP contribution in [0.1, 0.15) is 34.8 Å². The van der Waals surface area contributed by atoms with Crippen molar-refractivity contribution in [2.45, 2.75) is 26.4 Å². The molecule has 4 heteroatoms. The Hall–Kier alpha value is -1.06. The molecule has 0 unspecified atom stereocenters. The largest absolute Gasteiger partial charge is 0.462 e. The molecule has 0 bridgehead atoms. The van der Waals surface area contributed by atoms with Crippen molar-refractivity contribution >= 4 is 17.6 Å². The zero-order valence-corrected chi connectivity index (χ0v) is 10.7. The fourth-order valence-electron chi connectivity index (χ4n) is 1.60. The third-order valence-corrected chi connectivity index (χ3v) is 2.70. The molecule has 0 amide bonds. The smallest absolute Gasteiger partial charge is 0.338 e. The van der Waals surface area contributed by atoms with Gasteiger partial charge in [-0.1, -0.05) is 12.1 Å². The van der Waals surface area contributed by atoms with Crippen LogP contribution in [-0.2, 0) is 17.8 Å². The first kappa shape index (κ1) is 14.0. The van der Waals surface area contributed by atoms with Crippen molar-refractivity contribution in [2.75, 3.05) is 12.5 Å². The van der Waals surface area contributed by atoms with Gasteiger partial charge < -0.3 is 9.84 Å². The number of hydrogen-bond acceptors (Lipinski definition) is 3. The first-order chi connectivity index (χ1) is 8.22. The van der Waals surface area contributed by atoms with Gasteiger partial charge in [-0.15, -0.1) is 11.6 Å². The van der Waals surface area contributed by atoms with Gasteiger partial charge in [0.2, 0.25) is 0 Å². The molecule has 0 saturated heterocycles. The average molecular weight is 257 g/mol. The van der Waals surface area contributed by atoms with E-state index < -0.39 is 0 Å². The van der Waals surface area contributed by atoms with Crippen LogP contribution in [0.5, 0.6) is 0 Å². The number of aliphatic hydroxyl groups is 1. The molecule has 0 heterocycles. The Labute approximate surface area is 106 Å². The molecule has 0 aliphatic heterocycles. The summed E-state index contributed by atoms with van der Waals surface area (Å²) >= 11 is 5.65. The number of benzene rings is 1. The predicted octanol–water partition coefficient (Wildman–Crippen LogP) is 2.53. The molecule has 0 aliphatic rings. The highest BCUT2D eigenvalue weighted by atomic mass is 35.5. The third kappa shape index (κ3) is 4.02. The highest BCUT2D eigenvalue weighted by molar-refractivity contribution is 6.17. The van der Waals surface area contributed by atoms with Crippen LogP contribution >= 0.6 is 11.6 Å². The molecule has 0 aromatic heterocycles. The third-order valence-electron chi connectivity index (χ3n) is 2.43. The molecule has 0 radical (unpaired) electrons. The maximum Gasteiger partial charge on any atom is 0.338 e. The molecule has 0 atom stereocenters. The van der Waals surface area contributed by atoms with E-state index in [-0.39, 0.29) is 12.6 Å². The number of aryl methyl sites for hydroxylation is 1. The molecule has 17 heavy (non-hydrogen) atoms. The van der Waals surface area contributed by atoms with Crippen LogP contribution in [0.2, 0.25) is 0 Å². The van der Waals surface area contributed by atoms with Gasteiger partial charge in [-0.2, -0.15) is 0 Å². The van der Waals surface area contributed by atoms with Crippen molar-refractivity contribution < 1.29 is 14.6 Å². The Balaban J connectivity index is 2.98. The van der Waals surface area contributed by atoms with Crippen molar-refractivity contribution in [1.82, 2.24) is 0 Å². The number of rotatable bonds is 6. The van der Waals surface area contributed by atoms with Gasteiger partial charge in [-0.3, -0.25) is 0 Å². The quantitative estimate of drug-likeness (QED) is 0.628. The standard InChI is InChI=1S/C13H17ClO3/c1-2-17-13(16)12-8-10(9-15)5-6-11(12)4-3-7-14/h5-6,8,15H,2-4,7,9H2,1H3. The Bertz CT molecular complexity index is 377. The monoisotopic (exact) mass is 256 g/mol. The number of aliphatic hydroxyl groups excluding tert-OH is 1. The number of alkyl halides is 1. The Morgan fingerprint density at radius 1 is 1.47 bits per heavy atom. The van der Waals surface area contributed by atoms with Crippen LogP contribution in [0, 0.1) is 0 Å². The second-order valence-electron chi connectivity index (χ2n) is 3.66. The van der Waals surface area contributed by atoms with Gasteiger partial charge in [0.15, 0.2) is 0 Å². The van der Waals surface area contributed by atoms with Crippen molar-refractivity contribution in [3.63, 3.8) is 0 Å². The first-order valence-corrected chi connectivity index (χ1v) is 6.22. The topological polar surface area (TPSA) is 46.5 Å². The first-order valence-electron chi connectivity index (χ1n) is 5.68. The molecular weight excluding hydrogens is 240 g/mol. The zero-order chi connectivity index (χ0) is 12.7. The molecule has 1 rings (SSSR count). The minimum atomic E-state index is -0.340. The number of ether oxygens (including phenoxy) is 1. The van der Waals surface area contributed by atoms with E-state index in [1.807, 2.05) is 12.1 Å². The van der Waals surface area contributed by atoms with Gasteiger partial charge in [0.25, 0.3) is 0 Å². The number of carbonyl (C=O) groups excluding carboxylic acids is 1. The molecule has 0 spiro atoms. The van der Waals surface area contributed by atoms with Crippen molar-refractivity contribution in [2.24, 2.45) is 0 Å². The Kier molecular flexibility index (Phi) is 6.01. The summed E-state index contributed by atoms with van der Waals surface area (Å²) in [6, 6.07) is 5.35. The number of hydrogen-bond donors (Lipinski definition) is 1. The summed E-state index contributed by atoms with van der Waals surface area (Å²) in [6.07, 6.45) is 1.55. The summed E-state index contributed by atoms with van der Waals surface area (Å²) in [5, 5.41) is 9.07. The van der Waals surface area contributed by atoms with Gasteiger partial charge in [-0.25, -0.2) is 4.79 Å². The van der Waals surface area contributed by atoms with Crippen LogP contribution in [-0.4, -0.2) is 23.6 Å². The minimum Gasteiger partial charge on any atom is -0.462 e. The van der Waals surface area contributed by atoms with Crippen molar-refractivity contribution in [1.29, 1.82) is 0 Å². The van der Waals surface area contributed by atoms with Crippen LogP contribution in [0.25, 0.3) is 0 Å². The van der Waals surface area contributed by atoms with Gasteiger partial charge >= 0.3 is 5.97 Å². The van der Waals surface area contributed by atoms with E-state index in [4.69, 9.17) is 21.4 Å². The fraction of sp³-hybridized carbons (Fsp3) is 0.462. The lowest BCUT2D eigenvalue weighted by molar-refractivity contribution is 0.0525. The van der Waals surface area contributed by atoms with Gasteiger partial charge in [0.05, 0.1) is 18.8 Å². The molecule has 0 saturated carbocycles. The molecule has 1 aromatic rings. The fourth-order valence-corrected chi connectivity index (χ4v) is 1.73. The van der Waals surface area contributed by atoms with E-state index >= 15 is 0 Å². The van der Waals surface area contributed by atoms with E-state index in [0.29, 0.717) is 23.6 Å². The highest BCUT2D eigenvalue weighted by Crippen LogP contribution is 2.16. The van der Waals surface area contributed by atoms with Crippen LogP contribution in [0.15, 0.2) is 18.2 Å². The number of halogens is 1. The Morgan fingerprint density at radius 3 is 2.82 bits per heavy atom. The van der Waals surface area contributed by atoms with Crippen LogP contribution < -0.4 is 0 Å². The van der Waals surface area contributed by atoms with E-state index in [0.717, 1.165) is 18.4 Å². The molecule has 1 N–H and O–H groups in total. The average Bonchev–Trinajstić information content (AvgIpc) is 2.36. The van der Waals surface area contributed by atoms with Crippen LogP contribution in [0.3, 0.4) is 0 Å². The maximum absolute atomic E-state index is 11.8. The minimum absolute atomic E-state index is 0.0812. The summed E-state index contributed by atoms with van der Waals surface area (Å²) < 4.78 is 4.99. The van der Waals surface area contributed by atoms with Gasteiger partial charge in [-0.05, 0) is 37.0 Å². The van der Waals surface area contributed by atoms with Gasteiger partial charge in [0, 0.05) is 5.88 Å². The lowest BCUT2D eigenvalue weighted by Crippen LogP contribution is -2.09. The number of carbonyl (C=O) groups is 1. The molecule has 94 valence electrons. The van der Waals surface area contributed by atoms with E-state index in [1.165, 1.54) is 0 Å². The van der Waals surface area contributed by atoms with E-state index in [2.05, 4.69) is 0 Å². The second kappa shape index (κ2) is 7.30. The molecule has 0 aliphatic carbocycles. The second-order valence-corrected chi connectivity index (χ2v) is 4.04. The highest BCUT2D eigenvalue weighted by Gasteiger charge is 2.12. The summed E-state index contributed by atoms with van der Waals surface area (Å²) in [5.74, 6) is 0.219. The maximum atomic E-state index is 11.8. The summed E-state index contributed by atoms with van der Waals surface area (Å²) in [7, 11) is 0. The van der Waals surface area contributed by atoms with E-state index in [9.17, 15) is 4.79 Å². The lowest BCUT2D eigenvalue weighted by atomic mass is 10.0. The summed E-state index contributed by atoms with van der Waals surface area (Å²) in [4.78, 5) is 11.8. The molecule has 3 nitrogen and oxygen atoms in total. The zero-order valence-electron chi connectivity index (χ0n) is 9.91. The summed E-state index contributed by atoms with van der Waals surface area (Å²) in [5.41, 5.74) is 2.16. The van der Waals surface area contributed by atoms with E-state index in [1.54, 1.807) is 13.0 Å². The normalized spacial score (nSPS) is 10.3.